The average molecular weight is 987 g/mol. The molecule has 20 heteroatoms. The fourth-order valence-corrected chi connectivity index (χ4v) is 9.51. The van der Waals surface area contributed by atoms with Crippen LogP contribution in [0, 0.1) is 18.7 Å². The Morgan fingerprint density at radius 2 is 1.50 bits per heavy atom. The summed E-state index contributed by atoms with van der Waals surface area (Å²) in [4.78, 5) is 109. The van der Waals surface area contributed by atoms with Gasteiger partial charge < -0.3 is 51.0 Å². The number of hydrogen-bond acceptors (Lipinski definition) is 12. The monoisotopic (exact) mass is 986 g/mol. The Morgan fingerprint density at radius 3 is 2.19 bits per heavy atom. The van der Waals surface area contributed by atoms with Gasteiger partial charge in [-0.25, -0.2) is 14.2 Å². The van der Waals surface area contributed by atoms with Crippen molar-refractivity contribution in [3.05, 3.63) is 133 Å². The topological polar surface area (TPSA) is 265 Å². The number of nitrogens with one attached hydrogen (secondary N) is 6. The molecule has 2 aromatic heterocycles. The quantitative estimate of drug-likeness (QED) is 0.0348. The molecule has 0 saturated carbocycles. The van der Waals surface area contributed by atoms with E-state index in [1.54, 1.807) is 57.2 Å². The van der Waals surface area contributed by atoms with E-state index in [0.717, 1.165) is 11.1 Å². The molecule has 4 atom stereocenters. The molecule has 0 bridgehead atoms. The van der Waals surface area contributed by atoms with Crippen molar-refractivity contribution in [3.63, 3.8) is 0 Å². The zero-order valence-corrected chi connectivity index (χ0v) is 39.9. The van der Waals surface area contributed by atoms with Crippen LogP contribution >= 0.6 is 0 Å². The third-order valence-corrected chi connectivity index (χ3v) is 13.4. The summed E-state index contributed by atoms with van der Waals surface area (Å²) in [5, 5.41) is 27.6. The number of benzene rings is 3. The number of hydrogen-bond donors (Lipinski definition) is 7. The number of nitrogens with zero attached hydrogens (tertiary/aromatic N) is 2. The van der Waals surface area contributed by atoms with Gasteiger partial charge in [0.05, 0.1) is 54.7 Å². The SMILES string of the molecule is CC[C@]1(O)C(=O)OCc2c1cc1n(c2=O)Cc2c-1nc1cc(F)c(C)c3c1c2C(NC(=O)COCNC(=O)CNC(=O)[C@@H](Cc1ccccc1)NC(=O)CNC(=O)CNC(=O)[C@@H](C)Cc1ccccc1)CC3. The van der Waals surface area contributed by atoms with E-state index in [0.29, 0.717) is 63.8 Å². The summed E-state index contributed by atoms with van der Waals surface area (Å²) in [5.41, 5.74) is 2.93. The lowest BCUT2D eigenvalue weighted by Gasteiger charge is -2.31. The number of esters is 1. The maximum absolute atomic E-state index is 15.4. The van der Waals surface area contributed by atoms with E-state index in [9.17, 15) is 43.5 Å². The van der Waals surface area contributed by atoms with Crippen molar-refractivity contribution in [2.45, 2.75) is 83.7 Å². The zero-order valence-electron chi connectivity index (χ0n) is 39.9. The molecule has 8 rings (SSSR count). The number of pyridine rings is 2. The van der Waals surface area contributed by atoms with Crippen LogP contribution in [-0.4, -0.2) is 95.1 Å². The smallest absolute Gasteiger partial charge is 0.343 e. The summed E-state index contributed by atoms with van der Waals surface area (Å²) in [7, 11) is 0. The lowest BCUT2D eigenvalue weighted by molar-refractivity contribution is -0.172. The molecule has 19 nitrogen and oxygen atoms in total. The van der Waals surface area contributed by atoms with Crippen LogP contribution in [0.3, 0.4) is 0 Å². The van der Waals surface area contributed by atoms with E-state index in [1.807, 2.05) is 30.3 Å². The molecule has 5 aromatic rings. The van der Waals surface area contributed by atoms with Gasteiger partial charge in [0.2, 0.25) is 35.4 Å². The highest BCUT2D eigenvalue weighted by atomic mass is 19.1. The molecule has 3 aromatic carbocycles. The van der Waals surface area contributed by atoms with Crippen molar-refractivity contribution in [1.29, 1.82) is 0 Å². The third-order valence-electron chi connectivity index (χ3n) is 13.4. The van der Waals surface area contributed by atoms with Crippen molar-refractivity contribution in [3.8, 4) is 11.4 Å². The average Bonchev–Trinajstić information content (AvgIpc) is 3.75. The molecule has 3 aliphatic rings. The Labute approximate surface area is 412 Å². The molecule has 7 N–H and O–H groups in total. The number of aromatic nitrogens is 2. The molecule has 0 radical (unpaired) electrons. The predicted octanol–water partition coefficient (Wildman–Crippen LogP) is 1.68. The van der Waals surface area contributed by atoms with Crippen LogP contribution in [0.15, 0.2) is 77.6 Å². The van der Waals surface area contributed by atoms with E-state index in [4.69, 9.17) is 14.5 Å². The molecular weight excluding hydrogens is 932 g/mol. The van der Waals surface area contributed by atoms with Crippen LogP contribution in [0.4, 0.5) is 4.39 Å². The summed E-state index contributed by atoms with van der Waals surface area (Å²) < 4.78 is 27.5. The van der Waals surface area contributed by atoms with Gasteiger partial charge in [-0.2, -0.15) is 0 Å². The number of amides is 6. The third kappa shape index (κ3) is 10.7. The first-order valence-electron chi connectivity index (χ1n) is 23.7. The van der Waals surface area contributed by atoms with E-state index >= 15 is 4.39 Å². The van der Waals surface area contributed by atoms with Crippen molar-refractivity contribution in [1.82, 2.24) is 41.5 Å². The summed E-state index contributed by atoms with van der Waals surface area (Å²) >= 11 is 0. The lowest BCUT2D eigenvalue weighted by Crippen LogP contribution is -2.52. The van der Waals surface area contributed by atoms with Gasteiger partial charge in [0.1, 0.15) is 31.8 Å². The number of rotatable bonds is 19. The number of halogens is 1. The molecule has 0 fully saturated rings. The van der Waals surface area contributed by atoms with Crippen LogP contribution in [0.5, 0.6) is 0 Å². The lowest BCUT2D eigenvalue weighted by atomic mass is 9.81. The van der Waals surface area contributed by atoms with Gasteiger partial charge in [-0.05, 0) is 66.5 Å². The highest BCUT2D eigenvalue weighted by Gasteiger charge is 2.46. The van der Waals surface area contributed by atoms with Gasteiger partial charge >= 0.3 is 5.97 Å². The maximum Gasteiger partial charge on any atom is 0.343 e. The van der Waals surface area contributed by atoms with Gasteiger partial charge in [0.25, 0.3) is 5.56 Å². The fraction of sp³-hybridized carbons (Fsp3) is 0.365. The minimum Gasteiger partial charge on any atom is -0.458 e. The first-order valence-corrected chi connectivity index (χ1v) is 23.7. The van der Waals surface area contributed by atoms with E-state index in [1.165, 1.54) is 10.6 Å². The second-order valence-electron chi connectivity index (χ2n) is 18.2. The molecule has 6 amide bonds. The van der Waals surface area contributed by atoms with Crippen molar-refractivity contribution in [2.75, 3.05) is 33.0 Å². The maximum atomic E-state index is 15.4. The summed E-state index contributed by atoms with van der Waals surface area (Å²) in [6.45, 7) is 2.55. The van der Waals surface area contributed by atoms with Gasteiger partial charge in [-0.1, -0.05) is 74.5 Å². The molecule has 72 heavy (non-hydrogen) atoms. The first-order chi connectivity index (χ1) is 34.6. The Kier molecular flexibility index (Phi) is 15.2. The molecule has 1 aliphatic carbocycles. The summed E-state index contributed by atoms with van der Waals surface area (Å²) in [5.74, 6) is -5.21. The minimum atomic E-state index is -2.04. The van der Waals surface area contributed by atoms with Crippen molar-refractivity contribution in [2.24, 2.45) is 5.92 Å². The first kappa shape index (κ1) is 50.5. The number of carbonyl (C=O) groups is 7. The van der Waals surface area contributed by atoms with Gasteiger partial charge in [-0.15, -0.1) is 0 Å². The Balaban J connectivity index is 0.840. The Bertz CT molecular complexity index is 3040. The Morgan fingerprint density at radius 1 is 0.847 bits per heavy atom. The zero-order chi connectivity index (χ0) is 51.3. The van der Waals surface area contributed by atoms with E-state index < -0.39 is 96.9 Å². The molecule has 2 aliphatic heterocycles. The second kappa shape index (κ2) is 21.7. The number of cyclic esters (lactones) is 1. The van der Waals surface area contributed by atoms with Crippen molar-refractivity contribution >= 4 is 52.3 Å². The number of aliphatic hydroxyl groups is 1. The largest absolute Gasteiger partial charge is 0.458 e. The van der Waals surface area contributed by atoms with Gasteiger partial charge in [0, 0.05) is 34.9 Å². The van der Waals surface area contributed by atoms with Crippen LogP contribution in [0.2, 0.25) is 0 Å². The van der Waals surface area contributed by atoms with Crippen LogP contribution in [0.25, 0.3) is 22.3 Å². The standard InChI is InChI=1S/C52H55FN8O11/c1-4-52(70)35-19-40-47-33(24-61(40)50(68)34(35)25-72-51(52)69)46-37(16-15-32-29(3)36(53)20-38(60-47)45(32)46)58-44(65)26-71-27-57-42(63)22-56-49(67)39(18-31-13-9-6-10-14-31)59-43(64)23-54-41(62)21-55-48(66)28(2)17-30-11-7-5-8-12-30/h5-14,19-20,28,37,39,70H,4,15-18,21-27H2,1-3H3,(H,54,62)(H,55,66)(H,56,67)(H,57,63)(H,58,65)(H,59,64)/t28-,37?,39+,52+/m0/s1. The van der Waals surface area contributed by atoms with Crippen LogP contribution in [0.1, 0.15) is 77.2 Å². The predicted molar refractivity (Wildman–Crippen MR) is 258 cm³/mol. The molecule has 1 unspecified atom stereocenters. The molecule has 4 heterocycles. The fourth-order valence-electron chi connectivity index (χ4n) is 9.51. The van der Waals surface area contributed by atoms with Crippen LogP contribution in [-0.2, 0) is 81.1 Å². The van der Waals surface area contributed by atoms with Gasteiger partial charge in [0.15, 0.2) is 5.60 Å². The van der Waals surface area contributed by atoms with Gasteiger partial charge in [-0.3, -0.25) is 33.6 Å². The highest BCUT2D eigenvalue weighted by Crippen LogP contribution is 2.46. The highest BCUT2D eigenvalue weighted by molar-refractivity contribution is 5.95. The molecule has 0 spiro atoms. The number of fused-ring (bicyclic) bond motifs is 5. The molecule has 376 valence electrons. The van der Waals surface area contributed by atoms with Crippen LogP contribution < -0.4 is 37.5 Å². The van der Waals surface area contributed by atoms with E-state index in [2.05, 4.69) is 31.9 Å². The van der Waals surface area contributed by atoms with E-state index in [-0.39, 0.29) is 49.6 Å². The summed E-state index contributed by atoms with van der Waals surface area (Å²) in [6, 6.07) is 19.4. The molecular formula is C52H55FN8O11. The van der Waals surface area contributed by atoms with Crippen molar-refractivity contribution < 1.29 is 52.5 Å². The Hall–Kier alpha value is -7.84. The minimum absolute atomic E-state index is 0.0432. The normalized spacial score (nSPS) is 17.0. The number of carbonyl (C=O) groups excluding carboxylic acids is 7. The summed E-state index contributed by atoms with van der Waals surface area (Å²) in [6.07, 6.45) is 1.29. The molecule has 0 saturated heterocycles. The second-order valence-corrected chi connectivity index (χ2v) is 18.2. The number of ether oxygens (including phenoxy) is 2. The number of aryl methyl sites for hydroxylation is 1.